The number of benzene rings is 1. The second-order valence-corrected chi connectivity index (χ2v) is 3.64. The lowest BCUT2D eigenvalue weighted by atomic mass is 10.2. The summed E-state index contributed by atoms with van der Waals surface area (Å²) >= 11 is 0. The van der Waals surface area contributed by atoms with Crippen molar-refractivity contribution in [1.82, 2.24) is 9.55 Å². The molecule has 2 aromatic rings. The monoisotopic (exact) mass is 217 g/mol. The summed E-state index contributed by atoms with van der Waals surface area (Å²) in [6, 6.07) is 7.98. The minimum atomic E-state index is 0.521. The van der Waals surface area contributed by atoms with Crippen molar-refractivity contribution in [2.24, 2.45) is 0 Å². The highest BCUT2D eigenvalue weighted by Gasteiger charge is 1.98. The third kappa shape index (κ3) is 2.53. The summed E-state index contributed by atoms with van der Waals surface area (Å²) in [4.78, 5) is 3.94. The van der Waals surface area contributed by atoms with Crippen LogP contribution in [0.4, 0.5) is 5.95 Å². The Morgan fingerprint density at radius 2 is 2.31 bits per heavy atom. The number of anilines is 1. The molecule has 0 saturated carbocycles. The van der Waals surface area contributed by atoms with Crippen molar-refractivity contribution in [3.05, 3.63) is 42.2 Å². The van der Waals surface area contributed by atoms with Crippen LogP contribution in [0, 0.1) is 6.92 Å². The Bertz CT molecular complexity index is 465. The largest absolute Gasteiger partial charge is 0.492 e. The molecule has 0 bridgehead atoms. The van der Waals surface area contributed by atoms with Crippen LogP contribution < -0.4 is 10.5 Å². The van der Waals surface area contributed by atoms with Crippen molar-refractivity contribution in [3.63, 3.8) is 0 Å². The fraction of sp³-hybridized carbons (Fsp3) is 0.250. The molecule has 0 unspecified atom stereocenters. The Morgan fingerprint density at radius 3 is 3.00 bits per heavy atom. The van der Waals surface area contributed by atoms with E-state index in [1.165, 1.54) is 5.56 Å². The second kappa shape index (κ2) is 4.70. The number of hydrogen-bond donors (Lipinski definition) is 1. The maximum Gasteiger partial charge on any atom is 0.200 e. The predicted octanol–water partition coefficient (Wildman–Crippen LogP) is 1.85. The summed E-state index contributed by atoms with van der Waals surface area (Å²) in [5.74, 6) is 1.41. The van der Waals surface area contributed by atoms with Crippen LogP contribution in [0.1, 0.15) is 5.56 Å². The zero-order valence-corrected chi connectivity index (χ0v) is 9.26. The molecule has 0 fully saturated rings. The lowest BCUT2D eigenvalue weighted by Gasteiger charge is -2.08. The van der Waals surface area contributed by atoms with E-state index in [0.29, 0.717) is 19.1 Å². The zero-order valence-electron chi connectivity index (χ0n) is 9.26. The molecule has 0 atom stereocenters. The summed E-state index contributed by atoms with van der Waals surface area (Å²) in [5.41, 5.74) is 6.83. The first-order valence-electron chi connectivity index (χ1n) is 5.22. The standard InChI is InChI=1S/C12H15N3O/c1-10-3-2-4-11(9-10)16-8-7-15-6-5-14-12(15)13/h2-6,9H,7-8H2,1H3,(H2,13,14). The molecule has 4 nitrogen and oxygen atoms in total. The minimum Gasteiger partial charge on any atom is -0.492 e. The Hall–Kier alpha value is -1.97. The molecular formula is C12H15N3O. The van der Waals surface area contributed by atoms with Crippen LogP contribution >= 0.6 is 0 Å². The van der Waals surface area contributed by atoms with Crippen molar-refractivity contribution < 1.29 is 4.74 Å². The molecule has 0 aliphatic rings. The van der Waals surface area contributed by atoms with Gasteiger partial charge in [0, 0.05) is 12.4 Å². The van der Waals surface area contributed by atoms with E-state index in [4.69, 9.17) is 10.5 Å². The number of aromatic nitrogens is 2. The number of rotatable bonds is 4. The van der Waals surface area contributed by atoms with E-state index in [0.717, 1.165) is 5.75 Å². The number of ether oxygens (including phenoxy) is 1. The molecule has 84 valence electrons. The first-order valence-corrected chi connectivity index (χ1v) is 5.22. The summed E-state index contributed by atoms with van der Waals surface area (Å²) in [6.45, 7) is 3.34. The van der Waals surface area contributed by atoms with Gasteiger partial charge in [0.25, 0.3) is 0 Å². The maximum absolute atomic E-state index is 5.64. The number of imidazole rings is 1. The molecule has 2 rings (SSSR count). The maximum atomic E-state index is 5.64. The normalized spacial score (nSPS) is 10.3. The number of nitrogens with two attached hydrogens (primary N) is 1. The van der Waals surface area contributed by atoms with Gasteiger partial charge in [-0.25, -0.2) is 4.98 Å². The van der Waals surface area contributed by atoms with Crippen molar-refractivity contribution in [1.29, 1.82) is 0 Å². The molecule has 0 amide bonds. The van der Waals surface area contributed by atoms with E-state index >= 15 is 0 Å². The molecule has 0 aliphatic heterocycles. The highest BCUT2D eigenvalue weighted by Crippen LogP contribution is 2.12. The highest BCUT2D eigenvalue weighted by molar-refractivity contribution is 5.27. The topological polar surface area (TPSA) is 53.1 Å². The second-order valence-electron chi connectivity index (χ2n) is 3.64. The number of aryl methyl sites for hydroxylation is 1. The quantitative estimate of drug-likeness (QED) is 0.850. The lowest BCUT2D eigenvalue weighted by molar-refractivity contribution is 0.299. The molecule has 4 heteroatoms. The fourth-order valence-corrected chi connectivity index (χ4v) is 1.50. The van der Waals surface area contributed by atoms with Crippen LogP contribution in [0.5, 0.6) is 5.75 Å². The molecule has 1 heterocycles. The van der Waals surface area contributed by atoms with Gasteiger partial charge < -0.3 is 15.0 Å². The summed E-state index contributed by atoms with van der Waals surface area (Å²) in [7, 11) is 0. The fourth-order valence-electron chi connectivity index (χ4n) is 1.50. The van der Waals surface area contributed by atoms with Crippen LogP contribution in [-0.4, -0.2) is 16.2 Å². The first kappa shape index (κ1) is 10.5. The predicted molar refractivity (Wildman–Crippen MR) is 63.3 cm³/mol. The van der Waals surface area contributed by atoms with Crippen LogP contribution in [0.3, 0.4) is 0 Å². The van der Waals surface area contributed by atoms with E-state index in [1.54, 1.807) is 6.20 Å². The van der Waals surface area contributed by atoms with E-state index in [1.807, 2.05) is 42.0 Å². The molecule has 0 saturated heterocycles. The molecular weight excluding hydrogens is 202 g/mol. The van der Waals surface area contributed by atoms with Gasteiger partial charge in [0.05, 0.1) is 6.54 Å². The SMILES string of the molecule is Cc1cccc(OCCn2ccnc2N)c1. The summed E-state index contributed by atoms with van der Waals surface area (Å²) in [5, 5.41) is 0. The van der Waals surface area contributed by atoms with Crippen LogP contribution in [0.2, 0.25) is 0 Å². The molecule has 2 N–H and O–H groups in total. The van der Waals surface area contributed by atoms with Crippen molar-refractivity contribution in [2.45, 2.75) is 13.5 Å². The molecule has 0 aliphatic carbocycles. The Labute approximate surface area is 94.7 Å². The van der Waals surface area contributed by atoms with Gasteiger partial charge in [0.2, 0.25) is 0 Å². The van der Waals surface area contributed by atoms with Crippen molar-refractivity contribution in [3.8, 4) is 5.75 Å². The zero-order chi connectivity index (χ0) is 11.4. The van der Waals surface area contributed by atoms with Gasteiger partial charge in [-0.15, -0.1) is 0 Å². The third-order valence-corrected chi connectivity index (χ3v) is 2.34. The summed E-state index contributed by atoms with van der Waals surface area (Å²) < 4.78 is 7.47. The lowest BCUT2D eigenvalue weighted by Crippen LogP contribution is -2.09. The smallest absolute Gasteiger partial charge is 0.200 e. The Morgan fingerprint density at radius 1 is 1.44 bits per heavy atom. The average molecular weight is 217 g/mol. The highest BCUT2D eigenvalue weighted by atomic mass is 16.5. The number of nitrogen functional groups attached to an aromatic ring is 1. The van der Waals surface area contributed by atoms with Gasteiger partial charge in [-0.2, -0.15) is 0 Å². The first-order chi connectivity index (χ1) is 7.75. The van der Waals surface area contributed by atoms with Crippen molar-refractivity contribution >= 4 is 5.95 Å². The van der Waals surface area contributed by atoms with Gasteiger partial charge in [-0.05, 0) is 24.6 Å². The number of hydrogen-bond acceptors (Lipinski definition) is 3. The molecule has 1 aromatic carbocycles. The van der Waals surface area contributed by atoms with E-state index in [9.17, 15) is 0 Å². The van der Waals surface area contributed by atoms with E-state index in [2.05, 4.69) is 4.98 Å². The van der Waals surface area contributed by atoms with Gasteiger partial charge in [-0.3, -0.25) is 0 Å². The average Bonchev–Trinajstić information content (AvgIpc) is 2.65. The molecule has 0 spiro atoms. The van der Waals surface area contributed by atoms with Gasteiger partial charge in [0.1, 0.15) is 12.4 Å². The van der Waals surface area contributed by atoms with Crippen molar-refractivity contribution in [2.75, 3.05) is 12.3 Å². The van der Waals surface area contributed by atoms with Gasteiger partial charge in [0.15, 0.2) is 5.95 Å². The van der Waals surface area contributed by atoms with Crippen LogP contribution in [0.25, 0.3) is 0 Å². The van der Waals surface area contributed by atoms with Crippen LogP contribution in [-0.2, 0) is 6.54 Å². The molecule has 16 heavy (non-hydrogen) atoms. The van der Waals surface area contributed by atoms with Gasteiger partial charge >= 0.3 is 0 Å². The van der Waals surface area contributed by atoms with E-state index < -0.39 is 0 Å². The number of nitrogens with zero attached hydrogens (tertiary/aromatic N) is 2. The van der Waals surface area contributed by atoms with E-state index in [-0.39, 0.29) is 0 Å². The van der Waals surface area contributed by atoms with Gasteiger partial charge in [-0.1, -0.05) is 12.1 Å². The Balaban J connectivity index is 1.87. The minimum absolute atomic E-state index is 0.521. The summed E-state index contributed by atoms with van der Waals surface area (Å²) in [6.07, 6.45) is 3.52. The molecule has 0 radical (unpaired) electrons. The molecule has 1 aromatic heterocycles. The van der Waals surface area contributed by atoms with Crippen LogP contribution in [0.15, 0.2) is 36.7 Å². The Kier molecular flexibility index (Phi) is 3.10. The third-order valence-electron chi connectivity index (χ3n) is 2.34.